The van der Waals surface area contributed by atoms with Crippen molar-refractivity contribution in [2.24, 2.45) is 5.41 Å². The van der Waals surface area contributed by atoms with Gasteiger partial charge in [-0.15, -0.1) is 0 Å². The number of rotatable bonds is 6. The molecule has 0 saturated carbocycles. The van der Waals surface area contributed by atoms with E-state index >= 15 is 0 Å². The zero-order valence-electron chi connectivity index (χ0n) is 12.0. The third-order valence-electron chi connectivity index (χ3n) is 3.29. The fraction of sp³-hybridized carbons (Fsp3) is 0.467. The summed E-state index contributed by atoms with van der Waals surface area (Å²) in [4.78, 5) is 12.3. The summed E-state index contributed by atoms with van der Waals surface area (Å²) in [5.74, 6) is -5.15. The number of nitriles is 1. The van der Waals surface area contributed by atoms with Gasteiger partial charge in [-0.05, 0) is 25.0 Å². The molecule has 1 amide bonds. The summed E-state index contributed by atoms with van der Waals surface area (Å²) in [6.45, 7) is 3.65. The molecular weight excluding hydrogens is 281 g/mol. The number of amides is 1. The molecule has 6 heteroatoms. The lowest BCUT2D eigenvalue weighted by Crippen LogP contribution is -2.35. The van der Waals surface area contributed by atoms with Crippen LogP contribution in [0.2, 0.25) is 0 Å². The molecule has 0 aliphatic rings. The van der Waals surface area contributed by atoms with Gasteiger partial charge in [0.05, 0.1) is 11.8 Å². The summed E-state index contributed by atoms with van der Waals surface area (Å²) in [5, 5.41) is 11.5. The molecule has 0 bridgehead atoms. The average molecular weight is 298 g/mol. The van der Waals surface area contributed by atoms with Crippen molar-refractivity contribution >= 4 is 11.6 Å². The lowest BCUT2D eigenvalue weighted by Gasteiger charge is -2.24. The summed E-state index contributed by atoms with van der Waals surface area (Å²) in [6, 6.07) is 3.64. The van der Waals surface area contributed by atoms with Crippen molar-refractivity contribution in [3.05, 3.63) is 29.6 Å². The molecule has 114 valence electrons. The molecule has 0 radical (unpaired) electrons. The van der Waals surface area contributed by atoms with Crippen molar-refractivity contribution in [1.82, 2.24) is 0 Å². The summed E-state index contributed by atoms with van der Waals surface area (Å²) >= 11 is 0. The minimum atomic E-state index is -1.65. The van der Waals surface area contributed by atoms with Crippen LogP contribution in [0, 0.1) is 34.2 Å². The van der Waals surface area contributed by atoms with Gasteiger partial charge in [-0.25, -0.2) is 13.2 Å². The van der Waals surface area contributed by atoms with Crippen LogP contribution in [0.1, 0.15) is 39.5 Å². The highest BCUT2D eigenvalue weighted by Gasteiger charge is 2.37. The van der Waals surface area contributed by atoms with Crippen LogP contribution < -0.4 is 5.32 Å². The van der Waals surface area contributed by atoms with Gasteiger partial charge in [0.15, 0.2) is 17.5 Å². The number of hydrogen-bond donors (Lipinski definition) is 1. The molecule has 1 N–H and O–H groups in total. The third kappa shape index (κ3) is 3.54. The van der Waals surface area contributed by atoms with E-state index in [1.54, 1.807) is 0 Å². The second kappa shape index (κ2) is 7.11. The Labute approximate surface area is 121 Å². The molecule has 21 heavy (non-hydrogen) atoms. The minimum absolute atomic E-state index is 0.314. The van der Waals surface area contributed by atoms with Crippen molar-refractivity contribution < 1.29 is 18.0 Å². The Morgan fingerprint density at radius 2 is 1.76 bits per heavy atom. The van der Waals surface area contributed by atoms with Gasteiger partial charge in [0, 0.05) is 0 Å². The smallest absolute Gasteiger partial charge is 0.244 e. The molecule has 0 unspecified atom stereocenters. The highest BCUT2D eigenvalue weighted by molar-refractivity contribution is 5.97. The Morgan fingerprint density at radius 1 is 1.19 bits per heavy atom. The van der Waals surface area contributed by atoms with Gasteiger partial charge in [-0.2, -0.15) is 5.26 Å². The molecule has 0 atom stereocenters. The molecule has 0 heterocycles. The van der Waals surface area contributed by atoms with Crippen molar-refractivity contribution in [1.29, 1.82) is 5.26 Å². The van der Waals surface area contributed by atoms with Gasteiger partial charge in [0.25, 0.3) is 0 Å². The second-order valence-electron chi connectivity index (χ2n) is 4.87. The van der Waals surface area contributed by atoms with Crippen LogP contribution in [-0.4, -0.2) is 5.91 Å². The largest absolute Gasteiger partial charge is 0.322 e. The van der Waals surface area contributed by atoms with E-state index in [0.717, 1.165) is 12.1 Å². The molecular formula is C15H17F3N2O. The maximum Gasteiger partial charge on any atom is 0.244 e. The number of halogens is 3. The number of carbonyl (C=O) groups excluding carboxylic acids is 1. The van der Waals surface area contributed by atoms with Gasteiger partial charge in [-0.3, -0.25) is 4.79 Å². The number of hydrogen-bond acceptors (Lipinski definition) is 2. The zero-order chi connectivity index (χ0) is 16.0. The zero-order valence-corrected chi connectivity index (χ0v) is 12.0. The number of benzene rings is 1. The van der Waals surface area contributed by atoms with Crippen LogP contribution in [-0.2, 0) is 4.79 Å². The van der Waals surface area contributed by atoms with Crippen LogP contribution in [0.3, 0.4) is 0 Å². The van der Waals surface area contributed by atoms with Crippen molar-refractivity contribution in [3.63, 3.8) is 0 Å². The van der Waals surface area contributed by atoms with Crippen LogP contribution in [0.15, 0.2) is 12.1 Å². The summed E-state index contributed by atoms with van der Waals surface area (Å²) in [7, 11) is 0. The molecule has 0 aliphatic heterocycles. The topological polar surface area (TPSA) is 52.9 Å². The number of nitrogens with zero attached hydrogens (tertiary/aromatic N) is 1. The Hall–Kier alpha value is -2.03. The van der Waals surface area contributed by atoms with E-state index in [1.165, 1.54) is 0 Å². The lowest BCUT2D eigenvalue weighted by atomic mass is 9.79. The molecule has 0 fully saturated rings. The maximum atomic E-state index is 13.6. The summed E-state index contributed by atoms with van der Waals surface area (Å²) in [5.41, 5.74) is -1.76. The predicted octanol–water partition coefficient (Wildman–Crippen LogP) is 4.15. The van der Waals surface area contributed by atoms with Crippen LogP contribution >= 0.6 is 0 Å². The van der Waals surface area contributed by atoms with Crippen LogP contribution in [0.25, 0.3) is 0 Å². The first-order chi connectivity index (χ1) is 9.91. The average Bonchev–Trinajstić information content (AvgIpc) is 2.47. The third-order valence-corrected chi connectivity index (χ3v) is 3.29. The molecule has 0 aliphatic carbocycles. The van der Waals surface area contributed by atoms with Crippen LogP contribution in [0.4, 0.5) is 18.9 Å². The van der Waals surface area contributed by atoms with Gasteiger partial charge in [0.2, 0.25) is 5.91 Å². The summed E-state index contributed by atoms with van der Waals surface area (Å²) in [6.07, 6.45) is 1.82. The van der Waals surface area contributed by atoms with E-state index in [9.17, 15) is 23.2 Å². The molecule has 3 nitrogen and oxygen atoms in total. The Kier molecular flexibility index (Phi) is 5.77. The van der Waals surface area contributed by atoms with E-state index < -0.39 is 34.5 Å². The normalized spacial score (nSPS) is 11.0. The van der Waals surface area contributed by atoms with Gasteiger partial charge in [-0.1, -0.05) is 26.7 Å². The number of nitrogens with one attached hydrogen (secondary N) is 1. The second-order valence-corrected chi connectivity index (χ2v) is 4.87. The first kappa shape index (κ1) is 17.0. The van der Waals surface area contributed by atoms with E-state index in [4.69, 9.17) is 0 Å². The number of carbonyl (C=O) groups is 1. The Balaban J connectivity index is 3.08. The molecule has 0 spiro atoms. The standard InChI is InChI=1S/C15H17F3N2O/c1-3-7-15(9-19,8-4-2)14(21)20-11-6-5-10(16)12(17)13(11)18/h5-6H,3-4,7-8H2,1-2H3,(H,20,21). The predicted molar refractivity (Wildman–Crippen MR) is 72.8 cm³/mol. The van der Waals surface area contributed by atoms with Gasteiger partial charge in [0.1, 0.15) is 5.41 Å². The Morgan fingerprint density at radius 3 is 2.24 bits per heavy atom. The van der Waals surface area contributed by atoms with Crippen molar-refractivity contribution in [2.45, 2.75) is 39.5 Å². The first-order valence-electron chi connectivity index (χ1n) is 6.78. The van der Waals surface area contributed by atoms with Crippen LogP contribution in [0.5, 0.6) is 0 Å². The van der Waals surface area contributed by atoms with E-state index in [-0.39, 0.29) is 0 Å². The molecule has 0 saturated heterocycles. The molecule has 1 aromatic rings. The quantitative estimate of drug-likeness (QED) is 0.802. The van der Waals surface area contributed by atoms with E-state index in [2.05, 4.69) is 5.32 Å². The minimum Gasteiger partial charge on any atom is -0.322 e. The maximum absolute atomic E-state index is 13.6. The SMILES string of the molecule is CCCC(C#N)(CCC)C(=O)Nc1ccc(F)c(F)c1F. The van der Waals surface area contributed by atoms with E-state index in [1.807, 2.05) is 19.9 Å². The fourth-order valence-electron chi connectivity index (χ4n) is 2.23. The molecule has 1 rings (SSSR count). The van der Waals surface area contributed by atoms with Crippen molar-refractivity contribution in [2.75, 3.05) is 5.32 Å². The van der Waals surface area contributed by atoms with E-state index in [0.29, 0.717) is 25.7 Å². The van der Waals surface area contributed by atoms with Crippen molar-refractivity contribution in [3.8, 4) is 6.07 Å². The molecule has 1 aromatic carbocycles. The highest BCUT2D eigenvalue weighted by Crippen LogP contribution is 2.31. The fourth-order valence-corrected chi connectivity index (χ4v) is 2.23. The van der Waals surface area contributed by atoms with Gasteiger partial charge >= 0.3 is 0 Å². The number of anilines is 1. The van der Waals surface area contributed by atoms with Gasteiger partial charge < -0.3 is 5.32 Å². The highest BCUT2D eigenvalue weighted by atomic mass is 19.2. The first-order valence-corrected chi connectivity index (χ1v) is 6.78. The monoisotopic (exact) mass is 298 g/mol. The molecule has 0 aromatic heterocycles. The lowest BCUT2D eigenvalue weighted by molar-refractivity contribution is -0.123. The summed E-state index contributed by atoms with van der Waals surface area (Å²) < 4.78 is 39.6. The Bertz CT molecular complexity index is 561.